The maximum absolute atomic E-state index is 12.9. The lowest BCUT2D eigenvalue weighted by Crippen LogP contribution is -2.45. The van der Waals surface area contributed by atoms with Crippen molar-refractivity contribution in [2.24, 2.45) is 0 Å². The van der Waals surface area contributed by atoms with Crippen LogP contribution in [0, 0.1) is 10.1 Å². The third-order valence-corrected chi connectivity index (χ3v) is 6.38. The van der Waals surface area contributed by atoms with Crippen molar-refractivity contribution in [1.29, 1.82) is 0 Å². The minimum absolute atomic E-state index is 0.0249. The molecular formula is C21H18BrN3O5S. The van der Waals surface area contributed by atoms with Gasteiger partial charge in [-0.15, -0.1) is 0 Å². The third kappa shape index (κ3) is 6.20. The molecular weight excluding hydrogens is 486 g/mol. The number of nitrogens with zero attached hydrogens (tertiary/aromatic N) is 1. The summed E-state index contributed by atoms with van der Waals surface area (Å²) in [5, 5.41) is 13.4. The van der Waals surface area contributed by atoms with Crippen LogP contribution in [-0.4, -0.2) is 25.3 Å². The highest BCUT2D eigenvalue weighted by Gasteiger charge is 2.26. The van der Waals surface area contributed by atoms with Gasteiger partial charge in [-0.2, -0.15) is 4.72 Å². The number of carbonyl (C=O) groups is 1. The first-order chi connectivity index (χ1) is 14.7. The predicted octanol–water partition coefficient (Wildman–Crippen LogP) is 3.89. The zero-order valence-electron chi connectivity index (χ0n) is 16.1. The van der Waals surface area contributed by atoms with E-state index >= 15 is 0 Å². The van der Waals surface area contributed by atoms with Crippen molar-refractivity contribution >= 4 is 43.2 Å². The molecule has 0 fully saturated rings. The quantitative estimate of drug-likeness (QED) is 0.357. The minimum atomic E-state index is -3.97. The highest BCUT2D eigenvalue weighted by molar-refractivity contribution is 9.10. The van der Waals surface area contributed by atoms with Crippen LogP contribution in [0.3, 0.4) is 0 Å². The van der Waals surface area contributed by atoms with Gasteiger partial charge in [0.15, 0.2) is 0 Å². The number of rotatable bonds is 8. The van der Waals surface area contributed by atoms with Crippen molar-refractivity contribution in [2.75, 3.05) is 5.32 Å². The molecule has 0 radical (unpaired) electrons. The van der Waals surface area contributed by atoms with E-state index in [1.807, 2.05) is 6.07 Å². The number of halogens is 1. The Balaban J connectivity index is 1.83. The average Bonchev–Trinajstić information content (AvgIpc) is 2.74. The Morgan fingerprint density at radius 1 is 0.968 bits per heavy atom. The van der Waals surface area contributed by atoms with Crippen LogP contribution < -0.4 is 10.0 Å². The Kier molecular flexibility index (Phi) is 7.16. The molecule has 0 aliphatic rings. The molecule has 0 bridgehead atoms. The molecule has 3 rings (SSSR count). The van der Waals surface area contributed by atoms with E-state index in [0.717, 1.165) is 10.0 Å². The second kappa shape index (κ2) is 9.82. The molecule has 1 atom stereocenters. The van der Waals surface area contributed by atoms with Gasteiger partial charge < -0.3 is 5.32 Å². The monoisotopic (exact) mass is 503 g/mol. The Morgan fingerprint density at radius 2 is 1.58 bits per heavy atom. The number of nitro groups is 1. The number of carbonyl (C=O) groups excluding carboxylic acids is 1. The zero-order chi connectivity index (χ0) is 22.4. The second-order valence-corrected chi connectivity index (χ2v) is 9.24. The molecule has 3 aromatic carbocycles. The summed E-state index contributed by atoms with van der Waals surface area (Å²) in [5.41, 5.74) is 0.969. The van der Waals surface area contributed by atoms with Gasteiger partial charge in [0, 0.05) is 22.3 Å². The van der Waals surface area contributed by atoms with Crippen molar-refractivity contribution < 1.29 is 18.1 Å². The van der Waals surface area contributed by atoms with Gasteiger partial charge in [-0.3, -0.25) is 14.9 Å². The van der Waals surface area contributed by atoms with Crippen molar-refractivity contribution in [3.63, 3.8) is 0 Å². The zero-order valence-corrected chi connectivity index (χ0v) is 18.5. The van der Waals surface area contributed by atoms with E-state index in [-0.39, 0.29) is 17.0 Å². The number of hydrogen-bond acceptors (Lipinski definition) is 5. The molecule has 0 heterocycles. The summed E-state index contributed by atoms with van der Waals surface area (Å²) in [5.74, 6) is -0.585. The molecule has 8 nitrogen and oxygen atoms in total. The van der Waals surface area contributed by atoms with E-state index in [0.29, 0.717) is 5.69 Å². The van der Waals surface area contributed by atoms with Crippen molar-refractivity contribution in [2.45, 2.75) is 17.4 Å². The minimum Gasteiger partial charge on any atom is -0.325 e. The first kappa shape index (κ1) is 22.6. The maximum Gasteiger partial charge on any atom is 0.269 e. The molecule has 0 aliphatic carbocycles. The van der Waals surface area contributed by atoms with Crippen LogP contribution in [0.4, 0.5) is 11.4 Å². The molecule has 3 aromatic rings. The molecule has 0 aliphatic heterocycles. The number of hydrogen-bond donors (Lipinski definition) is 2. The van der Waals surface area contributed by atoms with Gasteiger partial charge in [-0.05, 0) is 48.4 Å². The number of non-ortho nitro benzene ring substituents is 1. The Bertz CT molecular complexity index is 1170. The molecule has 0 saturated heterocycles. The number of amides is 1. The van der Waals surface area contributed by atoms with Crippen molar-refractivity contribution in [3.8, 4) is 0 Å². The van der Waals surface area contributed by atoms with Gasteiger partial charge >= 0.3 is 0 Å². The number of nitrogens with one attached hydrogen (secondary N) is 2. The van der Waals surface area contributed by atoms with Crippen LogP contribution >= 0.6 is 15.9 Å². The Hall–Kier alpha value is -3.08. The summed E-state index contributed by atoms with van der Waals surface area (Å²) in [4.78, 5) is 23.2. The lowest BCUT2D eigenvalue weighted by Gasteiger charge is -2.19. The number of benzene rings is 3. The summed E-state index contributed by atoms with van der Waals surface area (Å²) < 4.78 is 28.9. The van der Waals surface area contributed by atoms with Gasteiger partial charge in [0.1, 0.15) is 6.04 Å². The van der Waals surface area contributed by atoms with E-state index in [4.69, 9.17) is 0 Å². The molecule has 160 valence electrons. The largest absolute Gasteiger partial charge is 0.325 e. The van der Waals surface area contributed by atoms with E-state index < -0.39 is 26.9 Å². The Labute approximate surface area is 187 Å². The van der Waals surface area contributed by atoms with Crippen LogP contribution in [0.15, 0.2) is 88.2 Å². The molecule has 0 aromatic heterocycles. The van der Waals surface area contributed by atoms with Gasteiger partial charge in [0.25, 0.3) is 5.69 Å². The summed E-state index contributed by atoms with van der Waals surface area (Å²) in [6.07, 6.45) is 0.120. The molecule has 0 spiro atoms. The van der Waals surface area contributed by atoms with E-state index in [9.17, 15) is 23.3 Å². The average molecular weight is 504 g/mol. The van der Waals surface area contributed by atoms with E-state index in [2.05, 4.69) is 26.0 Å². The molecule has 1 unspecified atom stereocenters. The lowest BCUT2D eigenvalue weighted by molar-refractivity contribution is -0.384. The summed E-state index contributed by atoms with van der Waals surface area (Å²) in [7, 11) is -3.97. The lowest BCUT2D eigenvalue weighted by atomic mass is 10.1. The molecule has 10 heteroatoms. The number of sulfonamides is 1. The van der Waals surface area contributed by atoms with Crippen molar-refractivity contribution in [1.82, 2.24) is 4.72 Å². The number of anilines is 1. The maximum atomic E-state index is 12.9. The SMILES string of the molecule is O=C(Nc1ccc([N+](=O)[O-])cc1)C(Cc1ccccc1)NS(=O)(=O)c1ccc(Br)cc1. The van der Waals surface area contributed by atoms with Gasteiger partial charge in [0.05, 0.1) is 9.82 Å². The fraction of sp³-hybridized carbons (Fsp3) is 0.0952. The predicted molar refractivity (Wildman–Crippen MR) is 120 cm³/mol. The second-order valence-electron chi connectivity index (χ2n) is 6.61. The topological polar surface area (TPSA) is 118 Å². The fourth-order valence-corrected chi connectivity index (χ4v) is 4.26. The van der Waals surface area contributed by atoms with E-state index in [1.54, 1.807) is 36.4 Å². The molecule has 0 saturated carbocycles. The number of nitro benzene ring substituents is 1. The first-order valence-electron chi connectivity index (χ1n) is 9.12. The van der Waals surface area contributed by atoms with Gasteiger partial charge in [0.2, 0.25) is 15.9 Å². The highest BCUT2D eigenvalue weighted by Crippen LogP contribution is 2.18. The smallest absolute Gasteiger partial charge is 0.269 e. The standard InChI is InChI=1S/C21H18BrN3O5S/c22-16-6-12-19(13-7-16)31(29,30)24-20(14-15-4-2-1-3-5-15)21(26)23-17-8-10-18(11-9-17)25(27)28/h1-13,20,24H,14H2,(H,23,26). The van der Waals surface area contributed by atoms with Crippen molar-refractivity contribution in [3.05, 3.63) is 99.0 Å². The summed E-state index contributed by atoms with van der Waals surface area (Å²) >= 11 is 3.26. The van der Waals surface area contributed by atoms with Gasteiger partial charge in [-0.25, -0.2) is 8.42 Å². The van der Waals surface area contributed by atoms with Crippen LogP contribution in [0.1, 0.15) is 5.56 Å². The normalized spacial score (nSPS) is 12.2. The first-order valence-corrected chi connectivity index (χ1v) is 11.4. The fourth-order valence-electron chi connectivity index (χ4n) is 2.80. The summed E-state index contributed by atoms with van der Waals surface area (Å²) in [6.45, 7) is 0. The molecule has 2 N–H and O–H groups in total. The van der Waals surface area contributed by atoms with Crippen LogP contribution in [-0.2, 0) is 21.2 Å². The van der Waals surface area contributed by atoms with Crippen LogP contribution in [0.2, 0.25) is 0 Å². The Morgan fingerprint density at radius 3 is 2.16 bits per heavy atom. The third-order valence-electron chi connectivity index (χ3n) is 4.37. The highest BCUT2D eigenvalue weighted by atomic mass is 79.9. The van der Waals surface area contributed by atoms with Crippen LogP contribution in [0.5, 0.6) is 0 Å². The van der Waals surface area contributed by atoms with Gasteiger partial charge in [-0.1, -0.05) is 46.3 Å². The van der Waals surface area contributed by atoms with Crippen LogP contribution in [0.25, 0.3) is 0 Å². The molecule has 1 amide bonds. The molecule has 31 heavy (non-hydrogen) atoms. The van der Waals surface area contributed by atoms with E-state index in [1.165, 1.54) is 36.4 Å². The summed E-state index contributed by atoms with van der Waals surface area (Å²) in [6, 6.07) is 19.2.